The van der Waals surface area contributed by atoms with Gasteiger partial charge in [0.2, 0.25) is 0 Å². The molecule has 0 radical (unpaired) electrons. The lowest BCUT2D eigenvalue weighted by atomic mass is 10.00. The van der Waals surface area contributed by atoms with Gasteiger partial charge in [-0.3, -0.25) is 0 Å². The molecule has 1 aliphatic heterocycles. The van der Waals surface area contributed by atoms with Gasteiger partial charge < -0.3 is 10.1 Å². The topological polar surface area (TPSA) is 21.3 Å². The van der Waals surface area contributed by atoms with Gasteiger partial charge >= 0.3 is 0 Å². The molecule has 1 N–H and O–H groups in total. The Balaban J connectivity index is 1.53. The van der Waals surface area contributed by atoms with Gasteiger partial charge in [0, 0.05) is 18.7 Å². The first-order valence-corrected chi connectivity index (χ1v) is 6.70. The Labute approximate surface area is 92.8 Å². The molecule has 0 bridgehead atoms. The van der Waals surface area contributed by atoms with Crippen LogP contribution in [0.3, 0.4) is 0 Å². The van der Waals surface area contributed by atoms with Crippen molar-refractivity contribution in [2.45, 2.75) is 63.6 Å². The van der Waals surface area contributed by atoms with Gasteiger partial charge in [-0.1, -0.05) is 0 Å². The second-order valence-corrected chi connectivity index (χ2v) is 5.77. The van der Waals surface area contributed by atoms with Crippen LogP contribution in [0.1, 0.15) is 45.4 Å². The van der Waals surface area contributed by atoms with Crippen molar-refractivity contribution >= 4 is 0 Å². The molecule has 2 unspecified atom stereocenters. The highest BCUT2D eigenvalue weighted by Gasteiger charge is 2.42. The summed E-state index contributed by atoms with van der Waals surface area (Å²) >= 11 is 0. The summed E-state index contributed by atoms with van der Waals surface area (Å²) in [7, 11) is 0. The molecule has 2 aliphatic carbocycles. The Kier molecular flexibility index (Phi) is 2.73. The molecule has 1 heterocycles. The summed E-state index contributed by atoms with van der Waals surface area (Å²) in [4.78, 5) is 0. The first-order valence-electron chi connectivity index (χ1n) is 6.70. The Bertz CT molecular complexity index is 211. The van der Waals surface area contributed by atoms with Gasteiger partial charge in [-0.05, 0) is 57.3 Å². The van der Waals surface area contributed by atoms with Crippen molar-refractivity contribution in [1.29, 1.82) is 0 Å². The lowest BCUT2D eigenvalue weighted by molar-refractivity contribution is 0.0101. The van der Waals surface area contributed by atoms with Crippen molar-refractivity contribution in [3.63, 3.8) is 0 Å². The van der Waals surface area contributed by atoms with E-state index in [-0.39, 0.29) is 0 Å². The van der Waals surface area contributed by atoms with Crippen LogP contribution in [-0.2, 0) is 4.74 Å². The van der Waals surface area contributed by atoms with Crippen molar-refractivity contribution in [3.05, 3.63) is 0 Å². The highest BCUT2D eigenvalue weighted by Crippen LogP contribution is 2.45. The van der Waals surface area contributed by atoms with Gasteiger partial charge in [0.05, 0.1) is 6.10 Å². The maximum Gasteiger partial charge on any atom is 0.0561 e. The second-order valence-electron chi connectivity index (χ2n) is 5.77. The van der Waals surface area contributed by atoms with Crippen LogP contribution in [0.5, 0.6) is 0 Å². The van der Waals surface area contributed by atoms with E-state index >= 15 is 0 Å². The summed E-state index contributed by atoms with van der Waals surface area (Å²) in [6, 6.07) is 1.60. The zero-order chi connectivity index (χ0) is 10.3. The third kappa shape index (κ3) is 2.54. The lowest BCUT2D eigenvalue weighted by Gasteiger charge is -2.32. The van der Waals surface area contributed by atoms with Crippen LogP contribution in [0, 0.1) is 11.8 Å². The van der Waals surface area contributed by atoms with Crippen LogP contribution in [0.4, 0.5) is 0 Å². The van der Waals surface area contributed by atoms with Crippen LogP contribution in [0.15, 0.2) is 0 Å². The smallest absolute Gasteiger partial charge is 0.0561 e. The SMILES string of the molecule is CC1CC(NC(C2CC2)C2CC2)CCO1. The molecule has 0 spiro atoms. The zero-order valence-corrected chi connectivity index (χ0v) is 9.74. The first-order chi connectivity index (χ1) is 7.33. The molecular weight excluding hydrogens is 186 g/mol. The van der Waals surface area contributed by atoms with E-state index in [1.54, 1.807) is 0 Å². The van der Waals surface area contributed by atoms with Gasteiger partial charge in [-0.25, -0.2) is 0 Å². The summed E-state index contributed by atoms with van der Waals surface area (Å²) in [5.74, 6) is 2.05. The molecule has 3 rings (SSSR count). The van der Waals surface area contributed by atoms with Crippen LogP contribution in [0.25, 0.3) is 0 Å². The van der Waals surface area contributed by atoms with Crippen molar-refractivity contribution in [3.8, 4) is 0 Å². The number of rotatable bonds is 4. The Morgan fingerprint density at radius 3 is 2.27 bits per heavy atom. The monoisotopic (exact) mass is 209 g/mol. The van der Waals surface area contributed by atoms with E-state index in [4.69, 9.17) is 4.74 Å². The minimum atomic E-state index is 0.468. The fraction of sp³-hybridized carbons (Fsp3) is 1.00. The molecule has 0 aromatic carbocycles. The molecule has 3 fully saturated rings. The molecule has 15 heavy (non-hydrogen) atoms. The van der Waals surface area contributed by atoms with Crippen molar-refractivity contribution in [2.24, 2.45) is 11.8 Å². The summed E-state index contributed by atoms with van der Waals surface area (Å²) in [5, 5.41) is 3.93. The second kappa shape index (κ2) is 4.06. The van der Waals surface area contributed by atoms with Gasteiger partial charge in [-0.15, -0.1) is 0 Å². The van der Waals surface area contributed by atoms with Crippen LogP contribution in [-0.4, -0.2) is 24.8 Å². The average Bonchev–Trinajstić information content (AvgIpc) is 3.07. The number of hydrogen-bond acceptors (Lipinski definition) is 2. The van der Waals surface area contributed by atoms with E-state index in [9.17, 15) is 0 Å². The van der Waals surface area contributed by atoms with E-state index in [1.807, 2.05) is 0 Å². The van der Waals surface area contributed by atoms with E-state index in [1.165, 1.54) is 38.5 Å². The van der Waals surface area contributed by atoms with Gasteiger partial charge in [0.25, 0.3) is 0 Å². The predicted molar refractivity (Wildman–Crippen MR) is 60.8 cm³/mol. The third-order valence-electron chi connectivity index (χ3n) is 4.17. The summed E-state index contributed by atoms with van der Waals surface area (Å²) in [6.45, 7) is 3.16. The molecule has 2 nitrogen and oxygen atoms in total. The Morgan fingerprint density at radius 2 is 1.73 bits per heavy atom. The van der Waals surface area contributed by atoms with Crippen LogP contribution in [0.2, 0.25) is 0 Å². The maximum absolute atomic E-state index is 5.60. The molecule has 0 amide bonds. The molecule has 0 aromatic rings. The number of ether oxygens (including phenoxy) is 1. The minimum Gasteiger partial charge on any atom is -0.378 e. The van der Waals surface area contributed by atoms with Crippen molar-refractivity contribution in [1.82, 2.24) is 5.32 Å². The van der Waals surface area contributed by atoms with E-state index < -0.39 is 0 Å². The van der Waals surface area contributed by atoms with E-state index in [2.05, 4.69) is 12.2 Å². The van der Waals surface area contributed by atoms with Gasteiger partial charge in [0.15, 0.2) is 0 Å². The molecule has 2 heteroatoms. The lowest BCUT2D eigenvalue weighted by Crippen LogP contribution is -2.45. The standard InChI is InChI=1S/C13H23NO/c1-9-8-12(6-7-15-9)14-13(10-2-3-10)11-4-5-11/h9-14H,2-8H2,1H3. The fourth-order valence-electron chi connectivity index (χ4n) is 2.99. The normalized spacial score (nSPS) is 37.2. The van der Waals surface area contributed by atoms with Gasteiger partial charge in [0.1, 0.15) is 0 Å². The fourth-order valence-corrected chi connectivity index (χ4v) is 2.99. The Morgan fingerprint density at radius 1 is 1.07 bits per heavy atom. The quantitative estimate of drug-likeness (QED) is 0.767. The number of hydrogen-bond donors (Lipinski definition) is 1. The Hall–Kier alpha value is -0.0800. The van der Waals surface area contributed by atoms with E-state index in [0.717, 1.165) is 30.5 Å². The number of nitrogens with one attached hydrogen (secondary N) is 1. The highest BCUT2D eigenvalue weighted by atomic mass is 16.5. The predicted octanol–water partition coefficient (Wildman–Crippen LogP) is 2.33. The maximum atomic E-state index is 5.60. The van der Waals surface area contributed by atoms with Crippen molar-refractivity contribution in [2.75, 3.05) is 6.61 Å². The molecular formula is C13H23NO. The van der Waals surface area contributed by atoms with Crippen LogP contribution >= 0.6 is 0 Å². The summed E-state index contributed by atoms with van der Waals surface area (Å²) < 4.78 is 5.60. The van der Waals surface area contributed by atoms with Crippen molar-refractivity contribution < 1.29 is 4.74 Å². The third-order valence-corrected chi connectivity index (χ3v) is 4.17. The zero-order valence-electron chi connectivity index (χ0n) is 9.74. The van der Waals surface area contributed by atoms with Crippen LogP contribution < -0.4 is 5.32 Å². The minimum absolute atomic E-state index is 0.468. The molecule has 2 saturated carbocycles. The summed E-state index contributed by atoms with van der Waals surface area (Å²) in [6.07, 6.45) is 8.82. The molecule has 3 aliphatic rings. The molecule has 86 valence electrons. The largest absolute Gasteiger partial charge is 0.378 e. The molecule has 2 atom stereocenters. The summed E-state index contributed by atoms with van der Waals surface area (Å²) in [5.41, 5.74) is 0. The highest BCUT2D eigenvalue weighted by molar-refractivity contribution is 4.98. The molecule has 0 aromatic heterocycles. The van der Waals surface area contributed by atoms with E-state index in [0.29, 0.717) is 6.10 Å². The first kappa shape index (κ1) is 10.1. The molecule has 1 saturated heterocycles. The average molecular weight is 209 g/mol. The van der Waals surface area contributed by atoms with Gasteiger partial charge in [-0.2, -0.15) is 0 Å².